The lowest BCUT2D eigenvalue weighted by Crippen LogP contribution is -2.43. The van der Waals surface area contributed by atoms with Crippen molar-refractivity contribution in [2.75, 3.05) is 0 Å². The predicted molar refractivity (Wildman–Crippen MR) is 259 cm³/mol. The lowest BCUT2D eigenvalue weighted by Gasteiger charge is -2.38. The third-order valence-corrected chi connectivity index (χ3v) is 13.2. The van der Waals surface area contributed by atoms with Crippen molar-refractivity contribution in [3.63, 3.8) is 0 Å². The molecule has 2 unspecified atom stereocenters. The van der Waals surface area contributed by atoms with Gasteiger partial charge in [0, 0.05) is 49.2 Å². The third kappa shape index (κ3) is 6.65. The Kier molecular flexibility index (Phi) is 9.75. The van der Waals surface area contributed by atoms with Gasteiger partial charge in [0.15, 0.2) is 0 Å². The van der Waals surface area contributed by atoms with Gasteiger partial charge in [-0.3, -0.25) is 0 Å². The molecule has 10 aromatic rings. The fourth-order valence-corrected chi connectivity index (χ4v) is 9.23. The van der Waals surface area contributed by atoms with Crippen LogP contribution in [-0.2, 0) is 0 Å². The number of benzene rings is 8. The lowest BCUT2D eigenvalue weighted by atomic mass is 9.82. The van der Waals surface area contributed by atoms with Crippen molar-refractivity contribution in [2.45, 2.75) is 53.8 Å². The van der Waals surface area contributed by atoms with Crippen LogP contribution in [0.5, 0.6) is 23.0 Å². The molecule has 0 saturated heterocycles. The Balaban J connectivity index is 0.969. The molecular weight excluding hydrogens is 777 g/mol. The van der Waals surface area contributed by atoms with E-state index >= 15 is 0 Å². The van der Waals surface area contributed by atoms with E-state index in [1.807, 2.05) is 97.1 Å². The summed E-state index contributed by atoms with van der Waals surface area (Å²) in [7, 11) is 0. The van der Waals surface area contributed by atoms with Gasteiger partial charge >= 0.3 is 0 Å². The Hall–Kier alpha value is -7.44. The second-order valence-corrected chi connectivity index (χ2v) is 17.4. The zero-order valence-electron chi connectivity index (χ0n) is 36.4. The van der Waals surface area contributed by atoms with Crippen molar-refractivity contribution in [3.8, 4) is 56.6 Å². The number of nitrogens with zero attached hydrogens (tertiary/aromatic N) is 2. The standard InChI is InChI=1S/C57H50N2O4/c1-35-31-45(55(60)51(33-35)58-47-25-13-7-19-39(47)40-20-8-14-26-48(40)58)43-23-11-17-29-53(43)62-37(3)57(5,6)38(4)63-54-30-18-12-24-44(54)46-32-36(2)34-52(56(46)61)59-49-27-15-9-21-41(49)42-22-10-16-28-50(42)59/h7-34,37-38,60-61H,1-6H3. The van der Waals surface area contributed by atoms with Crippen LogP contribution in [0.4, 0.5) is 0 Å². The number of para-hydroxylation sites is 6. The van der Waals surface area contributed by atoms with Crippen LogP contribution in [-0.4, -0.2) is 31.6 Å². The van der Waals surface area contributed by atoms with Gasteiger partial charge in [-0.1, -0.05) is 123 Å². The number of phenols is 2. The fourth-order valence-electron chi connectivity index (χ4n) is 9.23. The summed E-state index contributed by atoms with van der Waals surface area (Å²) in [5.41, 5.74) is 10.1. The van der Waals surface area contributed by atoms with Crippen molar-refractivity contribution < 1.29 is 19.7 Å². The largest absolute Gasteiger partial charge is 0.505 e. The molecule has 312 valence electrons. The number of phenolic OH excluding ortho intramolecular Hbond substituents is 2. The highest BCUT2D eigenvalue weighted by Gasteiger charge is 2.37. The van der Waals surface area contributed by atoms with Gasteiger partial charge in [0.05, 0.1) is 33.4 Å². The van der Waals surface area contributed by atoms with E-state index < -0.39 is 5.41 Å². The van der Waals surface area contributed by atoms with Crippen molar-refractivity contribution in [3.05, 3.63) is 181 Å². The summed E-state index contributed by atoms with van der Waals surface area (Å²) in [6.45, 7) is 12.6. The molecule has 2 N–H and O–H groups in total. The van der Waals surface area contributed by atoms with Gasteiger partial charge in [-0.2, -0.15) is 0 Å². The first-order valence-corrected chi connectivity index (χ1v) is 21.7. The Morgan fingerprint density at radius 1 is 0.413 bits per heavy atom. The molecule has 8 aromatic carbocycles. The van der Waals surface area contributed by atoms with Crippen LogP contribution in [0.1, 0.15) is 38.8 Å². The van der Waals surface area contributed by atoms with Gasteiger partial charge in [-0.25, -0.2) is 0 Å². The summed E-state index contributed by atoms with van der Waals surface area (Å²) in [4.78, 5) is 0. The van der Waals surface area contributed by atoms with Crippen LogP contribution in [0, 0.1) is 19.3 Å². The van der Waals surface area contributed by atoms with Crippen LogP contribution >= 0.6 is 0 Å². The molecule has 63 heavy (non-hydrogen) atoms. The number of aromatic hydroxyl groups is 2. The van der Waals surface area contributed by atoms with E-state index in [4.69, 9.17) is 9.47 Å². The molecule has 0 amide bonds. The highest BCUT2D eigenvalue weighted by atomic mass is 16.5. The molecule has 0 saturated carbocycles. The maximum Gasteiger partial charge on any atom is 0.147 e. The zero-order valence-corrected chi connectivity index (χ0v) is 36.4. The third-order valence-electron chi connectivity index (χ3n) is 13.2. The molecule has 0 aliphatic carbocycles. The van der Waals surface area contributed by atoms with E-state index in [1.54, 1.807) is 0 Å². The minimum atomic E-state index is -0.508. The average Bonchev–Trinajstić information content (AvgIpc) is 3.81. The normalized spacial score (nSPS) is 12.9. The molecule has 0 aliphatic rings. The van der Waals surface area contributed by atoms with Crippen LogP contribution in [0.2, 0.25) is 0 Å². The average molecular weight is 827 g/mol. The summed E-state index contributed by atoms with van der Waals surface area (Å²) in [5.74, 6) is 1.71. The van der Waals surface area contributed by atoms with E-state index in [0.29, 0.717) is 34.0 Å². The Bertz CT molecular complexity index is 3040. The number of ether oxygens (including phenoxy) is 2. The Labute approximate surface area is 367 Å². The highest BCUT2D eigenvalue weighted by Crippen LogP contribution is 2.46. The van der Waals surface area contributed by atoms with Gasteiger partial charge < -0.3 is 28.8 Å². The van der Waals surface area contributed by atoms with Crippen LogP contribution in [0.25, 0.3) is 77.2 Å². The quantitative estimate of drug-likeness (QED) is 0.144. The summed E-state index contributed by atoms with van der Waals surface area (Å²) in [5, 5.41) is 29.0. The molecule has 0 fully saturated rings. The van der Waals surface area contributed by atoms with Gasteiger partial charge in [0.1, 0.15) is 35.2 Å². The van der Waals surface area contributed by atoms with Gasteiger partial charge in [0.25, 0.3) is 0 Å². The number of aromatic nitrogens is 2. The second kappa shape index (κ2) is 15.5. The number of hydrogen-bond donors (Lipinski definition) is 2. The number of fused-ring (bicyclic) bond motifs is 6. The summed E-state index contributed by atoms with van der Waals surface area (Å²) >= 11 is 0. The van der Waals surface area contributed by atoms with Crippen LogP contribution in [0.3, 0.4) is 0 Å². The zero-order chi connectivity index (χ0) is 43.6. The monoisotopic (exact) mass is 826 g/mol. The van der Waals surface area contributed by atoms with Crippen molar-refractivity contribution in [1.29, 1.82) is 0 Å². The Morgan fingerprint density at radius 3 is 1.06 bits per heavy atom. The van der Waals surface area contributed by atoms with Crippen LogP contribution in [0.15, 0.2) is 170 Å². The van der Waals surface area contributed by atoms with Gasteiger partial charge in [0.2, 0.25) is 0 Å². The van der Waals surface area contributed by atoms with Crippen LogP contribution < -0.4 is 9.47 Å². The highest BCUT2D eigenvalue weighted by molar-refractivity contribution is 6.10. The van der Waals surface area contributed by atoms with E-state index in [0.717, 1.165) is 65.9 Å². The number of hydrogen-bond acceptors (Lipinski definition) is 4. The molecule has 0 radical (unpaired) electrons. The first kappa shape index (κ1) is 39.7. The molecular formula is C57H50N2O4. The first-order valence-electron chi connectivity index (χ1n) is 21.7. The summed E-state index contributed by atoms with van der Waals surface area (Å²) in [6, 6.07) is 57.3. The lowest BCUT2D eigenvalue weighted by molar-refractivity contribution is -0.00280. The molecule has 2 atom stereocenters. The van der Waals surface area contributed by atoms with Gasteiger partial charge in [-0.05, 0) is 99.5 Å². The van der Waals surface area contributed by atoms with Gasteiger partial charge in [-0.15, -0.1) is 0 Å². The maximum absolute atomic E-state index is 12.2. The van der Waals surface area contributed by atoms with Crippen molar-refractivity contribution in [1.82, 2.24) is 9.13 Å². The molecule has 6 nitrogen and oxygen atoms in total. The number of aryl methyl sites for hydroxylation is 2. The predicted octanol–water partition coefficient (Wildman–Crippen LogP) is 14.5. The maximum atomic E-state index is 12.2. The van der Waals surface area contributed by atoms with Crippen molar-refractivity contribution in [2.24, 2.45) is 5.41 Å². The smallest absolute Gasteiger partial charge is 0.147 e. The number of rotatable bonds is 10. The molecule has 6 heteroatoms. The van der Waals surface area contributed by atoms with E-state index in [9.17, 15) is 10.2 Å². The molecule has 10 rings (SSSR count). The van der Waals surface area contributed by atoms with E-state index in [-0.39, 0.29) is 23.7 Å². The summed E-state index contributed by atoms with van der Waals surface area (Å²) < 4.78 is 18.2. The summed E-state index contributed by atoms with van der Waals surface area (Å²) in [6.07, 6.45) is -0.641. The second-order valence-electron chi connectivity index (χ2n) is 17.4. The van der Waals surface area contributed by atoms with E-state index in [2.05, 4.69) is 123 Å². The molecule has 0 spiro atoms. The molecule has 2 aromatic heterocycles. The Morgan fingerprint density at radius 2 is 0.714 bits per heavy atom. The fraction of sp³-hybridized carbons (Fsp3) is 0.158. The molecule has 0 aliphatic heterocycles. The molecule has 2 heterocycles. The first-order chi connectivity index (χ1) is 30.5. The van der Waals surface area contributed by atoms with Crippen molar-refractivity contribution >= 4 is 43.6 Å². The van der Waals surface area contributed by atoms with E-state index in [1.165, 1.54) is 0 Å². The molecule has 0 bridgehead atoms. The SMILES string of the molecule is Cc1cc(-c2ccccc2OC(C)C(C)(C)C(C)Oc2ccccc2-c2cc(C)cc(-n3c4ccccc4c4ccccc43)c2O)c(O)c(-n2c3ccccc3c3ccccc32)c1. The topological polar surface area (TPSA) is 68.8 Å². The minimum Gasteiger partial charge on any atom is -0.505 e. The minimum absolute atomic E-state index is 0.184.